The van der Waals surface area contributed by atoms with Gasteiger partial charge in [0, 0.05) is 25.6 Å². The number of ether oxygens (including phenoxy) is 2. The van der Waals surface area contributed by atoms with E-state index in [-0.39, 0.29) is 38.6 Å². The first-order chi connectivity index (χ1) is 20.2. The van der Waals surface area contributed by atoms with Gasteiger partial charge in [-0.15, -0.1) is 0 Å². The van der Waals surface area contributed by atoms with Gasteiger partial charge in [-0.3, -0.25) is 14.4 Å². The topological polar surface area (TPSA) is 151 Å². The van der Waals surface area contributed by atoms with Gasteiger partial charge in [0.05, 0.1) is 32.3 Å². The predicted molar refractivity (Wildman–Crippen MR) is 161 cm³/mol. The van der Waals surface area contributed by atoms with Crippen LogP contribution in [0, 0.1) is 0 Å². The van der Waals surface area contributed by atoms with E-state index in [1.54, 1.807) is 19.2 Å². The summed E-state index contributed by atoms with van der Waals surface area (Å²) in [5, 5.41) is 22.8. The summed E-state index contributed by atoms with van der Waals surface area (Å²) in [6, 6.07) is 15.1. The van der Waals surface area contributed by atoms with E-state index in [9.17, 15) is 19.5 Å². The largest absolute Gasteiger partial charge is 0.497 e. The highest BCUT2D eigenvalue weighted by Crippen LogP contribution is 2.17. The third-order valence-electron chi connectivity index (χ3n) is 6.95. The SMILES string of the molecule is CCCC(CCC)OCC(NC(=O)CCC(=O)O)C(=O)N(Cc1cccc(OC)c1)C[C@@H](O)[C@@H](N)Cc1ccccc1. The Kier molecular flexibility index (Phi) is 15.6. The Balaban J connectivity index is 2.31. The first-order valence-corrected chi connectivity index (χ1v) is 14.7. The summed E-state index contributed by atoms with van der Waals surface area (Å²) < 4.78 is 11.5. The highest BCUT2D eigenvalue weighted by atomic mass is 16.5. The first kappa shape index (κ1) is 34.7. The van der Waals surface area contributed by atoms with Gasteiger partial charge in [0.1, 0.15) is 11.8 Å². The van der Waals surface area contributed by atoms with Gasteiger partial charge in [-0.25, -0.2) is 0 Å². The molecule has 0 aliphatic carbocycles. The number of hydrogen-bond donors (Lipinski definition) is 4. The summed E-state index contributed by atoms with van der Waals surface area (Å²) in [5.74, 6) is -1.51. The summed E-state index contributed by atoms with van der Waals surface area (Å²) in [6.07, 6.45) is 2.07. The molecular weight excluding hydrogens is 538 g/mol. The zero-order valence-electron chi connectivity index (χ0n) is 25.0. The van der Waals surface area contributed by atoms with Gasteiger partial charge >= 0.3 is 5.97 Å². The van der Waals surface area contributed by atoms with Gasteiger partial charge in [0.2, 0.25) is 11.8 Å². The maximum atomic E-state index is 14.1. The monoisotopic (exact) mass is 585 g/mol. The highest BCUT2D eigenvalue weighted by molar-refractivity contribution is 5.88. The van der Waals surface area contributed by atoms with Gasteiger partial charge in [-0.2, -0.15) is 0 Å². The molecule has 0 spiro atoms. The van der Waals surface area contributed by atoms with Crippen molar-refractivity contribution in [3.05, 3.63) is 65.7 Å². The molecule has 10 nitrogen and oxygen atoms in total. The van der Waals surface area contributed by atoms with Crippen LogP contribution in [0.2, 0.25) is 0 Å². The lowest BCUT2D eigenvalue weighted by Gasteiger charge is -2.32. The van der Waals surface area contributed by atoms with E-state index in [2.05, 4.69) is 19.2 Å². The van der Waals surface area contributed by atoms with Crippen LogP contribution in [0.4, 0.5) is 0 Å². The number of nitrogens with one attached hydrogen (secondary N) is 1. The van der Waals surface area contributed by atoms with Crippen molar-refractivity contribution in [1.29, 1.82) is 0 Å². The Labute approximate surface area is 249 Å². The summed E-state index contributed by atoms with van der Waals surface area (Å²) in [6.45, 7) is 4.07. The number of carbonyl (C=O) groups excluding carboxylic acids is 2. The van der Waals surface area contributed by atoms with Crippen LogP contribution < -0.4 is 15.8 Å². The molecule has 0 heterocycles. The molecule has 10 heteroatoms. The van der Waals surface area contributed by atoms with Gasteiger partial charge in [-0.05, 0) is 42.5 Å². The second kappa shape index (κ2) is 18.9. The number of aliphatic hydroxyl groups excluding tert-OH is 1. The maximum absolute atomic E-state index is 14.1. The molecule has 5 N–H and O–H groups in total. The van der Waals surface area contributed by atoms with E-state index >= 15 is 0 Å². The summed E-state index contributed by atoms with van der Waals surface area (Å²) in [7, 11) is 1.55. The van der Waals surface area contributed by atoms with Crippen LogP contribution >= 0.6 is 0 Å². The number of amides is 2. The number of nitrogens with two attached hydrogens (primary N) is 1. The van der Waals surface area contributed by atoms with E-state index in [4.69, 9.17) is 20.3 Å². The second-order valence-corrected chi connectivity index (χ2v) is 10.5. The Morgan fingerprint density at radius 1 is 0.976 bits per heavy atom. The molecule has 2 aromatic rings. The minimum absolute atomic E-state index is 0.0803. The van der Waals surface area contributed by atoms with Crippen molar-refractivity contribution < 1.29 is 34.1 Å². The van der Waals surface area contributed by atoms with Crippen molar-refractivity contribution in [2.45, 2.75) is 89.6 Å². The normalized spacial score (nSPS) is 13.3. The smallest absolute Gasteiger partial charge is 0.303 e. The van der Waals surface area contributed by atoms with Crippen molar-refractivity contribution in [3.8, 4) is 5.75 Å². The van der Waals surface area contributed by atoms with Crippen molar-refractivity contribution in [2.24, 2.45) is 5.73 Å². The maximum Gasteiger partial charge on any atom is 0.303 e. The molecule has 0 aliphatic rings. The number of aliphatic carboxylic acids is 1. The van der Waals surface area contributed by atoms with Crippen LogP contribution in [0.1, 0.15) is 63.5 Å². The molecule has 42 heavy (non-hydrogen) atoms. The second-order valence-electron chi connectivity index (χ2n) is 10.5. The molecule has 0 saturated carbocycles. The van der Waals surface area contributed by atoms with Crippen molar-refractivity contribution in [1.82, 2.24) is 10.2 Å². The number of carbonyl (C=O) groups is 3. The molecule has 232 valence electrons. The number of benzene rings is 2. The number of aliphatic hydroxyl groups is 1. The number of nitrogens with zero attached hydrogens (tertiary/aromatic N) is 1. The molecule has 1 unspecified atom stereocenters. The van der Waals surface area contributed by atoms with Crippen molar-refractivity contribution in [3.63, 3.8) is 0 Å². The zero-order valence-corrected chi connectivity index (χ0v) is 25.0. The van der Waals surface area contributed by atoms with Crippen LogP contribution in [0.5, 0.6) is 5.75 Å². The fraction of sp³-hybridized carbons (Fsp3) is 0.531. The number of carboxylic acid groups (broad SMARTS) is 1. The van der Waals surface area contributed by atoms with Gasteiger partial charge in [-0.1, -0.05) is 69.2 Å². The fourth-order valence-corrected chi connectivity index (χ4v) is 4.68. The van der Waals surface area contributed by atoms with Gasteiger partial charge < -0.3 is 35.6 Å². The standard InChI is InChI=1S/C32H47N3O7/c1-4-10-25(11-5-2)42-22-28(34-30(37)16-17-31(38)39)32(40)35(20-24-14-9-15-26(18-24)41-3)21-29(36)27(33)19-23-12-7-6-8-13-23/h6-9,12-15,18,25,27-29,36H,4-5,10-11,16-17,19-22,33H2,1-3H3,(H,34,37)(H,38,39)/t27-,28?,29+/m0/s1. The van der Waals surface area contributed by atoms with E-state index in [1.165, 1.54) is 4.90 Å². The first-order valence-electron chi connectivity index (χ1n) is 14.7. The third kappa shape index (κ3) is 12.6. The van der Waals surface area contributed by atoms with Crippen LogP contribution in [0.25, 0.3) is 0 Å². The lowest BCUT2D eigenvalue weighted by molar-refractivity contribution is -0.142. The Bertz CT molecular complexity index is 1090. The van der Waals surface area contributed by atoms with Gasteiger partial charge in [0.25, 0.3) is 0 Å². The molecule has 0 aromatic heterocycles. The summed E-state index contributed by atoms with van der Waals surface area (Å²) in [4.78, 5) is 39.2. The molecular formula is C32H47N3O7. The zero-order chi connectivity index (χ0) is 30.9. The molecule has 3 atom stereocenters. The van der Waals surface area contributed by atoms with E-state index in [0.29, 0.717) is 12.2 Å². The molecule has 2 aromatic carbocycles. The van der Waals surface area contributed by atoms with Crippen LogP contribution in [-0.4, -0.2) is 77.4 Å². The van der Waals surface area contributed by atoms with Crippen molar-refractivity contribution in [2.75, 3.05) is 20.3 Å². The van der Waals surface area contributed by atoms with Crippen molar-refractivity contribution >= 4 is 17.8 Å². The molecule has 0 fully saturated rings. The minimum atomic E-state index is -1.11. The number of carboxylic acids is 1. The van der Waals surface area contributed by atoms with Crippen LogP contribution in [0.3, 0.4) is 0 Å². The fourth-order valence-electron chi connectivity index (χ4n) is 4.68. The van der Waals surface area contributed by atoms with E-state index < -0.39 is 36.0 Å². The Morgan fingerprint density at radius 3 is 2.26 bits per heavy atom. The average Bonchev–Trinajstić information content (AvgIpc) is 2.98. The third-order valence-corrected chi connectivity index (χ3v) is 6.95. The average molecular weight is 586 g/mol. The molecule has 2 rings (SSSR count). The molecule has 0 bridgehead atoms. The number of hydrogen-bond acceptors (Lipinski definition) is 7. The minimum Gasteiger partial charge on any atom is -0.497 e. The van der Waals surface area contributed by atoms with Crippen LogP contribution in [-0.2, 0) is 32.1 Å². The molecule has 0 aliphatic heterocycles. The predicted octanol–water partition coefficient (Wildman–Crippen LogP) is 3.29. The number of methoxy groups -OCH3 is 1. The lowest BCUT2D eigenvalue weighted by Crippen LogP contribution is -2.54. The Morgan fingerprint density at radius 2 is 1.64 bits per heavy atom. The summed E-state index contributed by atoms with van der Waals surface area (Å²) >= 11 is 0. The quantitative estimate of drug-likeness (QED) is 0.185. The molecule has 2 amide bonds. The Hall–Kier alpha value is -3.47. The van der Waals surface area contributed by atoms with Crippen LogP contribution in [0.15, 0.2) is 54.6 Å². The molecule has 0 radical (unpaired) electrons. The van der Waals surface area contributed by atoms with E-state index in [1.807, 2.05) is 42.5 Å². The molecule has 0 saturated heterocycles. The van der Waals surface area contributed by atoms with E-state index in [0.717, 1.165) is 36.8 Å². The summed E-state index contributed by atoms with van der Waals surface area (Å²) in [5.41, 5.74) is 8.09. The highest BCUT2D eigenvalue weighted by Gasteiger charge is 2.30. The number of rotatable bonds is 20. The lowest BCUT2D eigenvalue weighted by atomic mass is 10.0. The van der Waals surface area contributed by atoms with Gasteiger partial charge in [0.15, 0.2) is 0 Å².